The van der Waals surface area contributed by atoms with Crippen molar-refractivity contribution < 1.29 is 9.42 Å². The number of carbonyl (C=O) groups is 1. The number of piperidine rings is 1. The van der Waals surface area contributed by atoms with Gasteiger partial charge in [-0.1, -0.05) is 5.16 Å². The average molecular weight is 223 g/mol. The highest BCUT2D eigenvalue weighted by atomic mass is 16.6. The molecule has 16 heavy (non-hydrogen) atoms. The molecule has 1 saturated heterocycles. The average Bonchev–Trinajstić information content (AvgIpc) is 2.64. The molecule has 5 nitrogen and oxygen atoms in total. The molecule has 2 heterocycles. The summed E-state index contributed by atoms with van der Waals surface area (Å²) in [7, 11) is 0. The molecule has 1 aliphatic rings. The molecule has 1 fully saturated rings. The molecule has 2 unspecified atom stereocenters. The minimum atomic E-state index is -0.0570. The van der Waals surface area contributed by atoms with Gasteiger partial charge in [-0.3, -0.25) is 4.79 Å². The first-order valence-corrected chi connectivity index (χ1v) is 5.73. The third-order valence-electron chi connectivity index (χ3n) is 3.28. The fourth-order valence-electron chi connectivity index (χ4n) is 2.37. The van der Waals surface area contributed by atoms with Crippen LogP contribution in [0.5, 0.6) is 0 Å². The van der Waals surface area contributed by atoms with Crippen LogP contribution in [0.15, 0.2) is 4.63 Å². The van der Waals surface area contributed by atoms with Gasteiger partial charge in [0.05, 0.1) is 0 Å². The largest absolute Gasteiger partial charge is 0.332 e. The fraction of sp³-hybridized carbons (Fsp3) is 0.727. The Morgan fingerprint density at radius 1 is 1.31 bits per heavy atom. The fourth-order valence-corrected chi connectivity index (χ4v) is 2.37. The third-order valence-corrected chi connectivity index (χ3v) is 3.28. The van der Waals surface area contributed by atoms with Gasteiger partial charge < -0.3 is 4.90 Å². The van der Waals surface area contributed by atoms with Gasteiger partial charge in [0.2, 0.25) is 0 Å². The van der Waals surface area contributed by atoms with Gasteiger partial charge in [-0.25, -0.2) is 4.63 Å². The van der Waals surface area contributed by atoms with Crippen LogP contribution >= 0.6 is 0 Å². The SMILES string of the molecule is Cc1nonc1C(=O)N1C(C)CCCC1C. The summed E-state index contributed by atoms with van der Waals surface area (Å²) < 4.78 is 4.58. The van der Waals surface area contributed by atoms with Gasteiger partial charge in [0.25, 0.3) is 5.91 Å². The second kappa shape index (κ2) is 4.23. The smallest absolute Gasteiger partial charge is 0.278 e. The Bertz CT molecular complexity index is 378. The topological polar surface area (TPSA) is 59.2 Å². The molecule has 1 amide bonds. The van der Waals surface area contributed by atoms with Crippen molar-refractivity contribution in [3.8, 4) is 0 Å². The Kier molecular flexibility index (Phi) is 2.94. The predicted molar refractivity (Wildman–Crippen MR) is 58.0 cm³/mol. The van der Waals surface area contributed by atoms with Crippen LogP contribution in [0.2, 0.25) is 0 Å². The monoisotopic (exact) mass is 223 g/mol. The lowest BCUT2D eigenvalue weighted by atomic mass is 9.97. The van der Waals surface area contributed by atoms with E-state index in [1.54, 1.807) is 6.92 Å². The predicted octanol–water partition coefficient (Wildman–Crippen LogP) is 1.78. The summed E-state index contributed by atoms with van der Waals surface area (Å²) in [5, 5.41) is 7.33. The summed E-state index contributed by atoms with van der Waals surface area (Å²) in [5.41, 5.74) is 0.913. The van der Waals surface area contributed by atoms with Crippen molar-refractivity contribution in [1.29, 1.82) is 0 Å². The first kappa shape index (κ1) is 11.1. The quantitative estimate of drug-likeness (QED) is 0.728. The highest BCUT2D eigenvalue weighted by Crippen LogP contribution is 2.24. The van der Waals surface area contributed by atoms with Gasteiger partial charge >= 0.3 is 0 Å². The van der Waals surface area contributed by atoms with Crippen LogP contribution in [0, 0.1) is 6.92 Å². The molecule has 0 N–H and O–H groups in total. The minimum absolute atomic E-state index is 0.0570. The minimum Gasteiger partial charge on any atom is -0.332 e. The van der Waals surface area contributed by atoms with Crippen molar-refractivity contribution in [1.82, 2.24) is 15.2 Å². The van der Waals surface area contributed by atoms with Gasteiger partial charge in [-0.2, -0.15) is 0 Å². The molecule has 0 saturated carbocycles. The Morgan fingerprint density at radius 2 is 1.94 bits per heavy atom. The number of carbonyl (C=O) groups excluding carboxylic acids is 1. The van der Waals surface area contributed by atoms with Crippen molar-refractivity contribution in [2.75, 3.05) is 0 Å². The first-order valence-electron chi connectivity index (χ1n) is 5.73. The molecule has 0 aliphatic carbocycles. The maximum absolute atomic E-state index is 12.3. The lowest BCUT2D eigenvalue weighted by Crippen LogP contribution is -2.47. The van der Waals surface area contributed by atoms with Crippen LogP contribution in [0.4, 0.5) is 0 Å². The molecular formula is C11H17N3O2. The van der Waals surface area contributed by atoms with Crippen LogP contribution in [0.3, 0.4) is 0 Å². The van der Waals surface area contributed by atoms with Gasteiger partial charge in [-0.05, 0) is 45.2 Å². The number of hydrogen-bond donors (Lipinski definition) is 0. The van der Waals surface area contributed by atoms with E-state index >= 15 is 0 Å². The Labute approximate surface area is 94.8 Å². The molecule has 0 spiro atoms. The Morgan fingerprint density at radius 3 is 2.44 bits per heavy atom. The van der Waals surface area contributed by atoms with E-state index in [0.717, 1.165) is 12.8 Å². The maximum Gasteiger partial charge on any atom is 0.278 e. The number of aryl methyl sites for hydroxylation is 1. The van der Waals surface area contributed by atoms with E-state index in [4.69, 9.17) is 0 Å². The van der Waals surface area contributed by atoms with E-state index in [9.17, 15) is 4.79 Å². The molecule has 0 bridgehead atoms. The molecule has 0 radical (unpaired) electrons. The standard InChI is InChI=1S/C11H17N3O2/c1-7-5-4-6-8(2)14(7)11(15)10-9(3)12-16-13-10/h7-8H,4-6H2,1-3H3. The van der Waals surface area contributed by atoms with E-state index in [-0.39, 0.29) is 18.0 Å². The first-order chi connectivity index (χ1) is 7.61. The second-order valence-corrected chi connectivity index (χ2v) is 4.54. The molecule has 2 rings (SSSR count). The van der Waals surface area contributed by atoms with Crippen molar-refractivity contribution in [2.45, 2.75) is 52.1 Å². The molecule has 1 aliphatic heterocycles. The molecule has 1 aromatic heterocycles. The van der Waals surface area contributed by atoms with Crippen LogP contribution in [-0.4, -0.2) is 33.2 Å². The van der Waals surface area contributed by atoms with E-state index < -0.39 is 0 Å². The highest BCUT2D eigenvalue weighted by molar-refractivity contribution is 5.93. The molecule has 1 aromatic rings. The lowest BCUT2D eigenvalue weighted by Gasteiger charge is -2.38. The third kappa shape index (κ3) is 1.81. The Balaban J connectivity index is 2.23. The Hall–Kier alpha value is -1.39. The van der Waals surface area contributed by atoms with Gasteiger partial charge in [-0.15, -0.1) is 0 Å². The summed E-state index contributed by atoms with van der Waals surface area (Å²) in [6.45, 7) is 5.90. The lowest BCUT2D eigenvalue weighted by molar-refractivity contribution is 0.0499. The van der Waals surface area contributed by atoms with E-state index in [0.29, 0.717) is 11.4 Å². The number of rotatable bonds is 1. The van der Waals surface area contributed by atoms with E-state index in [1.165, 1.54) is 6.42 Å². The van der Waals surface area contributed by atoms with Crippen molar-refractivity contribution in [3.63, 3.8) is 0 Å². The van der Waals surface area contributed by atoms with Crippen molar-refractivity contribution >= 4 is 5.91 Å². The number of hydrogen-bond acceptors (Lipinski definition) is 4. The van der Waals surface area contributed by atoms with Gasteiger partial charge in [0.15, 0.2) is 5.69 Å². The molecule has 2 atom stereocenters. The molecular weight excluding hydrogens is 206 g/mol. The second-order valence-electron chi connectivity index (χ2n) is 4.54. The van der Waals surface area contributed by atoms with Gasteiger partial charge in [0.1, 0.15) is 5.69 Å². The van der Waals surface area contributed by atoms with Crippen LogP contribution < -0.4 is 0 Å². The van der Waals surface area contributed by atoms with Crippen molar-refractivity contribution in [2.24, 2.45) is 0 Å². The van der Waals surface area contributed by atoms with Crippen LogP contribution in [0.1, 0.15) is 49.3 Å². The number of nitrogens with zero attached hydrogens (tertiary/aromatic N) is 3. The summed E-state index contributed by atoms with van der Waals surface area (Å²) in [6.07, 6.45) is 3.29. The number of aromatic nitrogens is 2. The van der Waals surface area contributed by atoms with Gasteiger partial charge in [0, 0.05) is 12.1 Å². The summed E-state index contributed by atoms with van der Waals surface area (Å²) >= 11 is 0. The zero-order chi connectivity index (χ0) is 11.7. The molecule has 5 heteroatoms. The summed E-state index contributed by atoms with van der Waals surface area (Å²) in [5.74, 6) is -0.0570. The molecule has 88 valence electrons. The highest BCUT2D eigenvalue weighted by Gasteiger charge is 2.32. The zero-order valence-electron chi connectivity index (χ0n) is 9.93. The van der Waals surface area contributed by atoms with Crippen LogP contribution in [-0.2, 0) is 0 Å². The number of likely N-dealkylation sites (tertiary alicyclic amines) is 1. The van der Waals surface area contributed by atoms with E-state index in [1.807, 2.05) is 4.90 Å². The zero-order valence-corrected chi connectivity index (χ0v) is 9.93. The van der Waals surface area contributed by atoms with E-state index in [2.05, 4.69) is 28.8 Å². The van der Waals surface area contributed by atoms with Crippen molar-refractivity contribution in [3.05, 3.63) is 11.4 Å². The van der Waals surface area contributed by atoms with Crippen LogP contribution in [0.25, 0.3) is 0 Å². The number of amides is 1. The normalized spacial score (nSPS) is 25.8. The summed E-state index contributed by atoms with van der Waals surface area (Å²) in [4.78, 5) is 14.2. The molecule has 0 aromatic carbocycles. The summed E-state index contributed by atoms with van der Waals surface area (Å²) in [6, 6.07) is 0.541. The maximum atomic E-state index is 12.3.